The summed E-state index contributed by atoms with van der Waals surface area (Å²) in [6.07, 6.45) is 5.67. The number of nitrogens with one attached hydrogen (secondary N) is 1. The Morgan fingerprint density at radius 2 is 2.00 bits per heavy atom. The Morgan fingerprint density at radius 1 is 1.26 bits per heavy atom. The Morgan fingerprint density at radius 3 is 2.63 bits per heavy atom. The highest BCUT2D eigenvalue weighted by Crippen LogP contribution is 2.20. The summed E-state index contributed by atoms with van der Waals surface area (Å²) >= 11 is 0. The van der Waals surface area contributed by atoms with Crippen LogP contribution in [-0.4, -0.2) is 48.3 Å². The molecule has 0 aromatic heterocycles. The molecule has 0 aromatic carbocycles. The number of likely N-dealkylation sites (tertiary alicyclic amines) is 1. The van der Waals surface area contributed by atoms with Crippen molar-refractivity contribution in [2.75, 3.05) is 26.2 Å². The Bertz CT molecular complexity index is 237. The molecule has 1 heterocycles. The van der Waals surface area contributed by atoms with Gasteiger partial charge in [-0.1, -0.05) is 27.7 Å². The lowest BCUT2D eigenvalue weighted by atomic mass is 9.89. The number of aliphatic hydroxyl groups excluding tert-OH is 1. The van der Waals surface area contributed by atoms with E-state index in [2.05, 4.69) is 37.9 Å². The van der Waals surface area contributed by atoms with Crippen molar-refractivity contribution in [1.29, 1.82) is 0 Å². The van der Waals surface area contributed by atoms with Crippen molar-refractivity contribution in [3.63, 3.8) is 0 Å². The van der Waals surface area contributed by atoms with Crippen LogP contribution in [0.2, 0.25) is 0 Å². The van der Waals surface area contributed by atoms with Crippen LogP contribution in [0.3, 0.4) is 0 Å². The molecule has 19 heavy (non-hydrogen) atoms. The zero-order chi connectivity index (χ0) is 14.3. The van der Waals surface area contributed by atoms with Crippen LogP contribution >= 0.6 is 0 Å². The first kappa shape index (κ1) is 16.9. The van der Waals surface area contributed by atoms with Crippen molar-refractivity contribution in [2.24, 2.45) is 5.41 Å². The van der Waals surface area contributed by atoms with Crippen LogP contribution in [0.1, 0.15) is 59.8 Å². The molecule has 2 atom stereocenters. The molecule has 1 saturated heterocycles. The lowest BCUT2D eigenvalue weighted by Gasteiger charge is -2.25. The minimum Gasteiger partial charge on any atom is -0.392 e. The molecule has 0 radical (unpaired) electrons. The van der Waals surface area contributed by atoms with Crippen molar-refractivity contribution in [3.8, 4) is 0 Å². The van der Waals surface area contributed by atoms with Gasteiger partial charge in [0, 0.05) is 12.6 Å². The van der Waals surface area contributed by atoms with Gasteiger partial charge in [0.1, 0.15) is 0 Å². The predicted octanol–water partition coefficient (Wildman–Crippen LogP) is 2.64. The smallest absolute Gasteiger partial charge is 0.0669 e. The van der Waals surface area contributed by atoms with Crippen LogP contribution in [0.25, 0.3) is 0 Å². The SMILES string of the molecule is CCCN1CCCC(NCC(O)CC(C)(C)C)CC1. The van der Waals surface area contributed by atoms with Gasteiger partial charge in [-0.3, -0.25) is 0 Å². The summed E-state index contributed by atoms with van der Waals surface area (Å²) in [7, 11) is 0. The lowest BCUT2D eigenvalue weighted by Crippen LogP contribution is -2.37. The summed E-state index contributed by atoms with van der Waals surface area (Å²) in [6.45, 7) is 13.2. The van der Waals surface area contributed by atoms with E-state index in [1.54, 1.807) is 0 Å². The summed E-state index contributed by atoms with van der Waals surface area (Å²) in [4.78, 5) is 2.58. The Balaban J connectivity index is 2.22. The summed E-state index contributed by atoms with van der Waals surface area (Å²) in [5, 5.41) is 13.6. The lowest BCUT2D eigenvalue weighted by molar-refractivity contribution is 0.115. The first-order valence-corrected chi connectivity index (χ1v) is 8.04. The highest BCUT2D eigenvalue weighted by Gasteiger charge is 2.19. The zero-order valence-electron chi connectivity index (χ0n) is 13.4. The molecule has 3 heteroatoms. The molecule has 0 spiro atoms. The van der Waals surface area contributed by atoms with Crippen LogP contribution < -0.4 is 5.32 Å². The van der Waals surface area contributed by atoms with E-state index in [-0.39, 0.29) is 11.5 Å². The van der Waals surface area contributed by atoms with Crippen LogP contribution in [-0.2, 0) is 0 Å². The standard InChI is InChI=1S/C16H34N2O/c1-5-9-18-10-6-7-14(8-11-18)17-13-15(19)12-16(2,3)4/h14-15,17,19H,5-13H2,1-4H3. The van der Waals surface area contributed by atoms with Gasteiger partial charge in [0.05, 0.1) is 6.10 Å². The van der Waals surface area contributed by atoms with E-state index >= 15 is 0 Å². The molecule has 1 aliphatic rings. The quantitative estimate of drug-likeness (QED) is 0.779. The maximum atomic E-state index is 10.0. The second kappa shape index (κ2) is 8.23. The third kappa shape index (κ3) is 7.91. The number of rotatable bonds is 6. The molecule has 0 aromatic rings. The molecule has 1 rings (SSSR count). The van der Waals surface area contributed by atoms with Gasteiger partial charge in [-0.25, -0.2) is 0 Å². The van der Waals surface area contributed by atoms with E-state index in [0.717, 1.165) is 13.0 Å². The van der Waals surface area contributed by atoms with Crippen molar-refractivity contribution in [2.45, 2.75) is 71.9 Å². The third-order valence-corrected chi connectivity index (χ3v) is 3.85. The maximum Gasteiger partial charge on any atom is 0.0669 e. The van der Waals surface area contributed by atoms with Gasteiger partial charge in [-0.05, 0) is 57.2 Å². The van der Waals surface area contributed by atoms with Gasteiger partial charge >= 0.3 is 0 Å². The van der Waals surface area contributed by atoms with Gasteiger partial charge in [0.25, 0.3) is 0 Å². The van der Waals surface area contributed by atoms with E-state index < -0.39 is 0 Å². The van der Waals surface area contributed by atoms with Gasteiger partial charge in [0.2, 0.25) is 0 Å². The number of nitrogens with zero attached hydrogens (tertiary/aromatic N) is 1. The fourth-order valence-corrected chi connectivity index (χ4v) is 2.98. The summed E-state index contributed by atoms with van der Waals surface area (Å²) in [5.41, 5.74) is 0.211. The van der Waals surface area contributed by atoms with E-state index in [9.17, 15) is 5.11 Å². The molecular formula is C16H34N2O. The molecule has 2 unspecified atom stereocenters. The summed E-state index contributed by atoms with van der Waals surface area (Å²) in [5.74, 6) is 0. The van der Waals surface area contributed by atoms with Crippen LogP contribution in [0.4, 0.5) is 0 Å². The summed E-state index contributed by atoms with van der Waals surface area (Å²) in [6, 6.07) is 0.594. The monoisotopic (exact) mass is 270 g/mol. The normalized spacial score (nSPS) is 24.2. The minimum atomic E-state index is -0.213. The van der Waals surface area contributed by atoms with Gasteiger partial charge in [-0.2, -0.15) is 0 Å². The van der Waals surface area contributed by atoms with Crippen LogP contribution in [0.15, 0.2) is 0 Å². The molecule has 1 aliphatic heterocycles. The van der Waals surface area contributed by atoms with E-state index in [1.165, 1.54) is 45.3 Å². The molecular weight excluding hydrogens is 236 g/mol. The molecule has 3 nitrogen and oxygen atoms in total. The highest BCUT2D eigenvalue weighted by atomic mass is 16.3. The van der Waals surface area contributed by atoms with Crippen molar-refractivity contribution in [1.82, 2.24) is 10.2 Å². The molecule has 0 bridgehead atoms. The predicted molar refractivity (Wildman–Crippen MR) is 82.5 cm³/mol. The van der Waals surface area contributed by atoms with E-state index in [0.29, 0.717) is 6.04 Å². The second-order valence-corrected chi connectivity index (χ2v) is 7.30. The molecule has 1 fully saturated rings. The van der Waals surface area contributed by atoms with Crippen molar-refractivity contribution < 1.29 is 5.11 Å². The van der Waals surface area contributed by atoms with Crippen molar-refractivity contribution in [3.05, 3.63) is 0 Å². The van der Waals surface area contributed by atoms with Crippen LogP contribution in [0.5, 0.6) is 0 Å². The van der Waals surface area contributed by atoms with E-state index in [1.807, 2.05) is 0 Å². The first-order valence-electron chi connectivity index (χ1n) is 8.04. The minimum absolute atomic E-state index is 0.211. The molecule has 114 valence electrons. The summed E-state index contributed by atoms with van der Waals surface area (Å²) < 4.78 is 0. The van der Waals surface area contributed by atoms with Gasteiger partial charge < -0.3 is 15.3 Å². The van der Waals surface area contributed by atoms with Gasteiger partial charge in [-0.15, -0.1) is 0 Å². The topological polar surface area (TPSA) is 35.5 Å². The van der Waals surface area contributed by atoms with Crippen LogP contribution in [0, 0.1) is 5.41 Å². The highest BCUT2D eigenvalue weighted by molar-refractivity contribution is 4.77. The Labute approximate surface area is 119 Å². The fraction of sp³-hybridized carbons (Fsp3) is 1.00. The molecule has 2 N–H and O–H groups in total. The largest absolute Gasteiger partial charge is 0.392 e. The first-order chi connectivity index (χ1) is 8.90. The fourth-order valence-electron chi connectivity index (χ4n) is 2.98. The molecule has 0 amide bonds. The Hall–Kier alpha value is -0.120. The number of hydrogen-bond acceptors (Lipinski definition) is 3. The van der Waals surface area contributed by atoms with E-state index in [4.69, 9.17) is 0 Å². The average Bonchev–Trinajstić information content (AvgIpc) is 2.50. The number of hydrogen-bond donors (Lipinski definition) is 2. The Kier molecular flexibility index (Phi) is 7.33. The second-order valence-electron chi connectivity index (χ2n) is 7.30. The average molecular weight is 270 g/mol. The van der Waals surface area contributed by atoms with Crippen molar-refractivity contribution >= 4 is 0 Å². The molecule has 0 saturated carbocycles. The third-order valence-electron chi connectivity index (χ3n) is 3.85. The maximum absolute atomic E-state index is 10.0. The van der Waals surface area contributed by atoms with Gasteiger partial charge in [0.15, 0.2) is 0 Å². The molecule has 0 aliphatic carbocycles. The zero-order valence-corrected chi connectivity index (χ0v) is 13.4. The number of aliphatic hydroxyl groups is 1.